The molecule has 0 aromatic heterocycles. The van der Waals surface area contributed by atoms with Crippen LogP contribution < -0.4 is 4.72 Å². The van der Waals surface area contributed by atoms with Gasteiger partial charge in [-0.2, -0.15) is 0 Å². The molecule has 92 valence electrons. The Morgan fingerprint density at radius 2 is 2.00 bits per heavy atom. The molecule has 0 saturated carbocycles. The molecule has 1 N–H and O–H groups in total. The molecule has 4 nitrogen and oxygen atoms in total. The summed E-state index contributed by atoms with van der Waals surface area (Å²) in [5.41, 5.74) is 0. The van der Waals surface area contributed by atoms with Crippen molar-refractivity contribution in [3.63, 3.8) is 0 Å². The zero-order valence-corrected chi connectivity index (χ0v) is 11.2. The number of hydrogen-bond acceptors (Lipinski definition) is 3. The zero-order valence-electron chi connectivity index (χ0n) is 9.66. The van der Waals surface area contributed by atoms with Gasteiger partial charge in [-0.25, -0.2) is 13.1 Å². The number of nitrogens with zero attached hydrogens (tertiary/aromatic N) is 1. The maximum absolute atomic E-state index is 11.4. The molecule has 0 aliphatic carbocycles. The molecule has 6 heteroatoms. The first-order chi connectivity index (χ1) is 6.89. The molecule has 0 aliphatic rings. The molecular formula is C9H21ClN2O2S. The summed E-state index contributed by atoms with van der Waals surface area (Å²) in [6.45, 7) is 5.32. The Hall–Kier alpha value is 0.160. The number of rotatable bonds is 8. The van der Waals surface area contributed by atoms with E-state index in [0.29, 0.717) is 24.9 Å². The summed E-state index contributed by atoms with van der Waals surface area (Å²) in [4.78, 5) is 2.09. The topological polar surface area (TPSA) is 49.4 Å². The van der Waals surface area contributed by atoms with Crippen molar-refractivity contribution < 1.29 is 8.42 Å². The van der Waals surface area contributed by atoms with E-state index in [1.165, 1.54) is 0 Å². The Morgan fingerprint density at radius 1 is 1.40 bits per heavy atom. The van der Waals surface area contributed by atoms with Gasteiger partial charge in [0.15, 0.2) is 0 Å². The quantitative estimate of drug-likeness (QED) is 0.656. The Morgan fingerprint density at radius 3 is 2.47 bits per heavy atom. The molecule has 0 amide bonds. The summed E-state index contributed by atoms with van der Waals surface area (Å²) < 4.78 is 25.3. The average Bonchev–Trinajstić information content (AvgIpc) is 2.14. The smallest absolute Gasteiger partial charge is 0.211 e. The van der Waals surface area contributed by atoms with Crippen molar-refractivity contribution in [3.05, 3.63) is 0 Å². The summed E-state index contributed by atoms with van der Waals surface area (Å²) in [6, 6.07) is 0.428. The second kappa shape index (κ2) is 7.44. The highest BCUT2D eigenvalue weighted by Crippen LogP contribution is 1.94. The monoisotopic (exact) mass is 256 g/mol. The van der Waals surface area contributed by atoms with Gasteiger partial charge in [0.2, 0.25) is 10.0 Å². The maximum Gasteiger partial charge on any atom is 0.211 e. The Bertz CT molecular complexity index is 255. The first-order valence-electron chi connectivity index (χ1n) is 5.12. The number of halogens is 1. The number of nitrogens with one attached hydrogen (secondary N) is 1. The van der Waals surface area contributed by atoms with E-state index in [2.05, 4.69) is 23.5 Å². The van der Waals surface area contributed by atoms with Gasteiger partial charge in [-0.1, -0.05) is 0 Å². The molecule has 0 heterocycles. The SMILES string of the molecule is CC(C)N(C)CCNS(=O)(=O)CCCCl. The van der Waals surface area contributed by atoms with Crippen LogP contribution in [0.15, 0.2) is 0 Å². The third-order valence-electron chi connectivity index (χ3n) is 2.21. The number of hydrogen-bond donors (Lipinski definition) is 1. The Balaban J connectivity index is 3.75. The van der Waals surface area contributed by atoms with Gasteiger partial charge in [0, 0.05) is 25.0 Å². The summed E-state index contributed by atoms with van der Waals surface area (Å²) in [5, 5.41) is 0. The van der Waals surface area contributed by atoms with Crippen molar-refractivity contribution in [2.45, 2.75) is 26.3 Å². The van der Waals surface area contributed by atoms with E-state index < -0.39 is 10.0 Å². The third kappa shape index (κ3) is 8.02. The van der Waals surface area contributed by atoms with Gasteiger partial charge in [0.1, 0.15) is 0 Å². The van der Waals surface area contributed by atoms with Crippen LogP contribution in [0.1, 0.15) is 20.3 Å². The summed E-state index contributed by atoms with van der Waals surface area (Å²) in [7, 11) is -1.16. The summed E-state index contributed by atoms with van der Waals surface area (Å²) >= 11 is 5.43. The predicted octanol–water partition coefficient (Wildman–Crippen LogP) is 0.875. The lowest BCUT2D eigenvalue weighted by Crippen LogP contribution is -2.37. The van der Waals surface area contributed by atoms with Gasteiger partial charge in [-0.3, -0.25) is 0 Å². The van der Waals surface area contributed by atoms with Gasteiger partial charge in [-0.15, -0.1) is 11.6 Å². The Kier molecular flexibility index (Phi) is 7.52. The van der Waals surface area contributed by atoms with Crippen molar-refractivity contribution >= 4 is 21.6 Å². The van der Waals surface area contributed by atoms with Crippen LogP contribution in [0, 0.1) is 0 Å². The van der Waals surface area contributed by atoms with Gasteiger partial charge in [0.25, 0.3) is 0 Å². The van der Waals surface area contributed by atoms with Crippen LogP contribution in [-0.2, 0) is 10.0 Å². The van der Waals surface area contributed by atoms with E-state index in [1.807, 2.05) is 7.05 Å². The lowest BCUT2D eigenvalue weighted by molar-refractivity contribution is 0.278. The molecular weight excluding hydrogens is 236 g/mol. The van der Waals surface area contributed by atoms with E-state index in [0.717, 1.165) is 6.54 Å². The van der Waals surface area contributed by atoms with E-state index in [1.54, 1.807) is 0 Å². The molecule has 0 aromatic rings. The van der Waals surface area contributed by atoms with Crippen molar-refractivity contribution in [1.82, 2.24) is 9.62 Å². The first-order valence-corrected chi connectivity index (χ1v) is 7.31. The van der Waals surface area contributed by atoms with Crippen LogP contribution in [0.3, 0.4) is 0 Å². The average molecular weight is 257 g/mol. The molecule has 0 rings (SSSR count). The normalized spacial score (nSPS) is 12.7. The minimum Gasteiger partial charge on any atom is -0.303 e. The molecule has 0 aliphatic heterocycles. The van der Waals surface area contributed by atoms with Crippen molar-refractivity contribution in [2.75, 3.05) is 31.8 Å². The standard InChI is InChI=1S/C9H21ClN2O2S/c1-9(2)12(3)7-6-11-15(13,14)8-4-5-10/h9,11H,4-8H2,1-3H3. The van der Waals surface area contributed by atoms with Crippen LogP contribution in [0.5, 0.6) is 0 Å². The fourth-order valence-electron chi connectivity index (χ4n) is 0.952. The van der Waals surface area contributed by atoms with Gasteiger partial charge in [-0.05, 0) is 27.3 Å². The van der Waals surface area contributed by atoms with Gasteiger partial charge in [0.05, 0.1) is 5.75 Å². The van der Waals surface area contributed by atoms with Crippen LogP contribution in [0.4, 0.5) is 0 Å². The highest BCUT2D eigenvalue weighted by atomic mass is 35.5. The molecule has 0 atom stereocenters. The number of likely N-dealkylation sites (N-methyl/N-ethyl adjacent to an activating group) is 1. The maximum atomic E-state index is 11.4. The van der Waals surface area contributed by atoms with Crippen molar-refractivity contribution in [3.8, 4) is 0 Å². The van der Waals surface area contributed by atoms with Crippen molar-refractivity contribution in [2.24, 2.45) is 0 Å². The summed E-state index contributed by atoms with van der Waals surface area (Å²) in [5.74, 6) is 0.495. The highest BCUT2D eigenvalue weighted by molar-refractivity contribution is 7.89. The molecule has 0 fully saturated rings. The minimum atomic E-state index is -3.13. The molecule has 0 spiro atoms. The van der Waals surface area contributed by atoms with E-state index in [-0.39, 0.29) is 5.75 Å². The minimum absolute atomic E-state index is 0.113. The van der Waals surface area contributed by atoms with Crippen LogP contribution in [0.25, 0.3) is 0 Å². The van der Waals surface area contributed by atoms with Crippen LogP contribution >= 0.6 is 11.6 Å². The van der Waals surface area contributed by atoms with E-state index in [4.69, 9.17) is 11.6 Å². The third-order valence-corrected chi connectivity index (χ3v) is 3.95. The molecule has 0 aromatic carbocycles. The molecule has 15 heavy (non-hydrogen) atoms. The lowest BCUT2D eigenvalue weighted by Gasteiger charge is -2.20. The lowest BCUT2D eigenvalue weighted by atomic mass is 10.3. The molecule has 0 unspecified atom stereocenters. The second-order valence-corrected chi connectivity index (χ2v) is 6.13. The van der Waals surface area contributed by atoms with Crippen LogP contribution in [0.2, 0.25) is 0 Å². The second-order valence-electron chi connectivity index (χ2n) is 3.83. The van der Waals surface area contributed by atoms with Crippen LogP contribution in [-0.4, -0.2) is 51.1 Å². The number of sulfonamides is 1. The largest absolute Gasteiger partial charge is 0.303 e. The van der Waals surface area contributed by atoms with Crippen molar-refractivity contribution in [1.29, 1.82) is 0 Å². The fraction of sp³-hybridized carbons (Fsp3) is 1.00. The summed E-state index contributed by atoms with van der Waals surface area (Å²) in [6.07, 6.45) is 0.497. The Labute approximate surface area is 98.0 Å². The van der Waals surface area contributed by atoms with Gasteiger partial charge >= 0.3 is 0 Å². The van der Waals surface area contributed by atoms with E-state index >= 15 is 0 Å². The first kappa shape index (κ1) is 15.2. The zero-order chi connectivity index (χ0) is 11.9. The van der Waals surface area contributed by atoms with Gasteiger partial charge < -0.3 is 4.90 Å². The number of alkyl halides is 1. The molecule has 0 radical (unpaired) electrons. The molecule has 0 bridgehead atoms. The predicted molar refractivity (Wildman–Crippen MR) is 64.9 cm³/mol. The van der Waals surface area contributed by atoms with E-state index in [9.17, 15) is 8.42 Å². The molecule has 0 saturated heterocycles. The highest BCUT2D eigenvalue weighted by Gasteiger charge is 2.09. The fourth-order valence-corrected chi connectivity index (χ4v) is 2.32.